The van der Waals surface area contributed by atoms with Crippen LogP contribution in [0.2, 0.25) is 0 Å². The number of sulfone groups is 1. The highest BCUT2D eigenvalue weighted by molar-refractivity contribution is 7.91. The number of methoxy groups -OCH3 is 3. The van der Waals surface area contributed by atoms with Crippen molar-refractivity contribution < 1.29 is 31.8 Å². The first-order valence-electron chi connectivity index (χ1n) is 9.54. The number of aromatic nitrogens is 2. The smallest absolute Gasteiger partial charge is 0.336 e. The summed E-state index contributed by atoms with van der Waals surface area (Å²) in [4.78, 5) is 12.2. The van der Waals surface area contributed by atoms with Crippen molar-refractivity contribution in [2.45, 2.75) is 43.4 Å². The summed E-state index contributed by atoms with van der Waals surface area (Å²) in [6, 6.07) is 3.13. The average Bonchev–Trinajstić information content (AvgIpc) is 3.24. The van der Waals surface area contributed by atoms with Gasteiger partial charge in [0.2, 0.25) is 27.4 Å². The fourth-order valence-electron chi connectivity index (χ4n) is 3.41. The molecule has 1 aliphatic rings. The van der Waals surface area contributed by atoms with E-state index in [9.17, 15) is 13.2 Å². The number of hydrogen-bond donors (Lipinski definition) is 1. The van der Waals surface area contributed by atoms with Crippen molar-refractivity contribution in [1.82, 2.24) is 15.5 Å². The molecule has 10 nitrogen and oxygen atoms in total. The normalized spacial score (nSPS) is 14.9. The van der Waals surface area contributed by atoms with Crippen LogP contribution in [0, 0.1) is 0 Å². The highest BCUT2D eigenvalue weighted by atomic mass is 32.2. The fourth-order valence-corrected chi connectivity index (χ4v) is 4.33. The van der Waals surface area contributed by atoms with E-state index in [1.165, 1.54) is 21.3 Å². The minimum atomic E-state index is -4.08. The monoisotopic (exact) mass is 439 g/mol. The SMILES string of the molecule is COc1cc(-c2nnc(S(=O)(=O)CC(=O)NC3CCCCC3)o2)cc(OC)c1OC. The summed E-state index contributed by atoms with van der Waals surface area (Å²) >= 11 is 0. The third-order valence-electron chi connectivity index (χ3n) is 4.88. The Labute approximate surface area is 174 Å². The van der Waals surface area contributed by atoms with Gasteiger partial charge in [-0.3, -0.25) is 4.79 Å². The van der Waals surface area contributed by atoms with Gasteiger partial charge in [-0.25, -0.2) is 8.42 Å². The lowest BCUT2D eigenvalue weighted by Gasteiger charge is -2.22. The van der Waals surface area contributed by atoms with Gasteiger partial charge >= 0.3 is 5.22 Å². The molecule has 0 bridgehead atoms. The quantitative estimate of drug-likeness (QED) is 0.656. The van der Waals surface area contributed by atoms with Gasteiger partial charge in [-0.1, -0.05) is 24.4 Å². The fraction of sp³-hybridized carbons (Fsp3) is 0.526. The predicted octanol–water partition coefficient (Wildman–Crippen LogP) is 1.98. The van der Waals surface area contributed by atoms with Crippen LogP contribution in [0.3, 0.4) is 0 Å². The number of hydrogen-bond acceptors (Lipinski definition) is 9. The van der Waals surface area contributed by atoms with Crippen molar-refractivity contribution in [3.05, 3.63) is 12.1 Å². The number of nitrogens with zero attached hydrogens (tertiary/aromatic N) is 2. The van der Waals surface area contributed by atoms with Crippen LogP contribution in [0.15, 0.2) is 21.8 Å². The summed E-state index contributed by atoms with van der Waals surface area (Å²) in [7, 11) is 0.295. The predicted molar refractivity (Wildman–Crippen MR) is 106 cm³/mol. The Hall–Kier alpha value is -2.82. The number of rotatable bonds is 8. The third-order valence-corrected chi connectivity index (χ3v) is 6.21. The summed E-state index contributed by atoms with van der Waals surface area (Å²) < 4.78 is 46.3. The van der Waals surface area contributed by atoms with Crippen LogP contribution in [0.1, 0.15) is 32.1 Å². The van der Waals surface area contributed by atoms with E-state index in [0.29, 0.717) is 22.8 Å². The van der Waals surface area contributed by atoms with Gasteiger partial charge in [-0.15, -0.1) is 5.10 Å². The molecule has 164 valence electrons. The van der Waals surface area contributed by atoms with Crippen molar-refractivity contribution in [1.29, 1.82) is 0 Å². The molecule has 0 atom stereocenters. The second kappa shape index (κ2) is 9.33. The third kappa shape index (κ3) is 4.84. The molecule has 30 heavy (non-hydrogen) atoms. The van der Waals surface area contributed by atoms with Crippen molar-refractivity contribution >= 4 is 15.7 Å². The lowest BCUT2D eigenvalue weighted by atomic mass is 9.95. The molecular formula is C19H25N3O7S. The minimum absolute atomic E-state index is 0.0129. The molecule has 0 saturated heterocycles. The van der Waals surface area contributed by atoms with E-state index < -0.39 is 26.7 Å². The van der Waals surface area contributed by atoms with Gasteiger partial charge in [0.15, 0.2) is 11.5 Å². The van der Waals surface area contributed by atoms with Crippen molar-refractivity contribution in [2.75, 3.05) is 27.1 Å². The summed E-state index contributed by atoms with van der Waals surface area (Å²) in [5.41, 5.74) is 0.380. The highest BCUT2D eigenvalue weighted by Gasteiger charge is 2.28. The summed E-state index contributed by atoms with van der Waals surface area (Å²) in [6.07, 6.45) is 4.91. The maximum Gasteiger partial charge on any atom is 0.336 e. The Morgan fingerprint density at radius 1 is 1.07 bits per heavy atom. The van der Waals surface area contributed by atoms with Gasteiger partial charge in [0.05, 0.1) is 21.3 Å². The first-order chi connectivity index (χ1) is 14.4. The molecule has 1 fully saturated rings. The summed E-state index contributed by atoms with van der Waals surface area (Å²) in [5, 5.41) is 9.57. The summed E-state index contributed by atoms with van der Waals surface area (Å²) in [5.74, 6) is -0.312. The van der Waals surface area contributed by atoms with Gasteiger partial charge in [-0.2, -0.15) is 0 Å². The molecule has 2 aromatic rings. The maximum absolute atomic E-state index is 12.5. The van der Waals surface area contributed by atoms with E-state index in [2.05, 4.69) is 15.5 Å². The van der Waals surface area contributed by atoms with Crippen molar-refractivity contribution in [2.24, 2.45) is 0 Å². The number of benzene rings is 1. The van der Waals surface area contributed by atoms with Gasteiger partial charge in [0.25, 0.3) is 0 Å². The number of carbonyl (C=O) groups excluding carboxylic acids is 1. The molecule has 11 heteroatoms. The Morgan fingerprint density at radius 3 is 2.27 bits per heavy atom. The Bertz CT molecular complexity index is 972. The van der Waals surface area contributed by atoms with E-state index in [-0.39, 0.29) is 11.9 Å². The van der Waals surface area contributed by atoms with Crippen molar-refractivity contribution in [3.8, 4) is 28.7 Å². The first-order valence-corrected chi connectivity index (χ1v) is 11.2. The molecule has 1 aliphatic carbocycles. The van der Waals surface area contributed by atoms with Crippen LogP contribution in [0.5, 0.6) is 17.2 Å². The average molecular weight is 439 g/mol. The van der Waals surface area contributed by atoms with E-state index in [1.54, 1.807) is 12.1 Å². The largest absolute Gasteiger partial charge is 0.493 e. The highest BCUT2D eigenvalue weighted by Crippen LogP contribution is 2.41. The molecule has 1 amide bonds. The zero-order valence-corrected chi connectivity index (χ0v) is 18.0. The number of ether oxygens (including phenoxy) is 3. The first kappa shape index (κ1) is 21.9. The van der Waals surface area contributed by atoms with Gasteiger partial charge in [-0.05, 0) is 25.0 Å². The molecule has 0 spiro atoms. The second-order valence-electron chi connectivity index (χ2n) is 6.95. The van der Waals surface area contributed by atoms with Crippen LogP contribution >= 0.6 is 0 Å². The number of nitrogens with one attached hydrogen (secondary N) is 1. The molecule has 1 aromatic heterocycles. The molecule has 1 N–H and O–H groups in total. The lowest BCUT2D eigenvalue weighted by Crippen LogP contribution is -2.39. The number of carbonyl (C=O) groups is 1. The number of amides is 1. The van der Waals surface area contributed by atoms with E-state index in [0.717, 1.165) is 32.1 Å². The van der Waals surface area contributed by atoms with Crippen molar-refractivity contribution in [3.63, 3.8) is 0 Å². The second-order valence-corrected chi connectivity index (χ2v) is 8.82. The maximum atomic E-state index is 12.5. The molecule has 3 rings (SSSR count). The molecule has 0 radical (unpaired) electrons. The Morgan fingerprint density at radius 2 is 1.70 bits per heavy atom. The zero-order chi connectivity index (χ0) is 21.7. The molecule has 0 aliphatic heterocycles. The minimum Gasteiger partial charge on any atom is -0.493 e. The molecule has 0 unspecified atom stereocenters. The van der Waals surface area contributed by atoms with Gasteiger partial charge < -0.3 is 23.9 Å². The van der Waals surface area contributed by atoms with Crippen LogP contribution in [-0.2, 0) is 14.6 Å². The van der Waals surface area contributed by atoms with Crippen LogP contribution in [0.4, 0.5) is 0 Å². The zero-order valence-electron chi connectivity index (χ0n) is 17.1. The Kier molecular flexibility index (Phi) is 6.80. The van der Waals surface area contributed by atoms with Crippen LogP contribution in [0.25, 0.3) is 11.5 Å². The van der Waals surface area contributed by atoms with Gasteiger partial charge in [0.1, 0.15) is 5.75 Å². The standard InChI is InChI=1S/C19H25N3O7S/c1-26-14-9-12(10-15(27-2)17(14)28-3)18-21-22-19(29-18)30(24,25)11-16(23)20-13-7-5-4-6-8-13/h9-10,13H,4-8,11H2,1-3H3,(H,20,23). The van der Waals surface area contributed by atoms with Crippen LogP contribution in [-0.4, -0.2) is 57.6 Å². The van der Waals surface area contributed by atoms with E-state index >= 15 is 0 Å². The van der Waals surface area contributed by atoms with E-state index in [4.69, 9.17) is 18.6 Å². The molecule has 1 heterocycles. The Balaban J connectivity index is 1.78. The van der Waals surface area contributed by atoms with E-state index in [1.807, 2.05) is 0 Å². The summed E-state index contributed by atoms with van der Waals surface area (Å²) in [6.45, 7) is 0. The molecule has 1 saturated carbocycles. The lowest BCUT2D eigenvalue weighted by molar-refractivity contribution is -0.119. The van der Waals surface area contributed by atoms with Crippen LogP contribution < -0.4 is 19.5 Å². The molecule has 1 aromatic carbocycles. The molecular weight excluding hydrogens is 414 g/mol. The van der Waals surface area contributed by atoms with Gasteiger partial charge in [0, 0.05) is 11.6 Å². The topological polar surface area (TPSA) is 130 Å².